The number of benzene rings is 3. The van der Waals surface area contributed by atoms with E-state index in [1.807, 2.05) is 60.7 Å². The molecule has 4 nitrogen and oxygen atoms in total. The van der Waals surface area contributed by atoms with Gasteiger partial charge < -0.3 is 14.8 Å². The largest absolute Gasteiger partial charge is 0.494 e. The fraction of sp³-hybridized carbons (Fsp3) is 0.296. The zero-order valence-corrected chi connectivity index (χ0v) is 20.4. The van der Waals surface area contributed by atoms with Crippen LogP contribution in [0, 0.1) is 0 Å². The van der Waals surface area contributed by atoms with Crippen LogP contribution in [-0.2, 0) is 16.6 Å². The zero-order chi connectivity index (χ0) is 23.0. The molecule has 0 aliphatic heterocycles. The first-order chi connectivity index (χ1) is 15.3. The van der Waals surface area contributed by atoms with Gasteiger partial charge in [0, 0.05) is 21.8 Å². The molecule has 0 spiro atoms. The third-order valence-corrected chi connectivity index (χ3v) is 5.44. The maximum Gasteiger partial charge on any atom is 0.262 e. The van der Waals surface area contributed by atoms with E-state index in [1.54, 1.807) is 0 Å². The van der Waals surface area contributed by atoms with E-state index in [0.717, 1.165) is 28.6 Å². The Balaban J connectivity index is 1.49. The monoisotopic (exact) mass is 495 g/mol. The van der Waals surface area contributed by atoms with Gasteiger partial charge in [0.2, 0.25) is 0 Å². The van der Waals surface area contributed by atoms with Gasteiger partial charge in [-0.2, -0.15) is 0 Å². The lowest BCUT2D eigenvalue weighted by molar-refractivity contribution is -0.118. The van der Waals surface area contributed by atoms with Gasteiger partial charge in [-0.25, -0.2) is 0 Å². The molecule has 1 amide bonds. The number of carbonyl (C=O) groups is 1. The topological polar surface area (TPSA) is 47.6 Å². The number of halogens is 1. The molecule has 3 aromatic carbocycles. The maximum absolute atomic E-state index is 12.5. The summed E-state index contributed by atoms with van der Waals surface area (Å²) in [5.74, 6) is 1.24. The summed E-state index contributed by atoms with van der Waals surface area (Å²) in [6, 6.07) is 23.6. The van der Waals surface area contributed by atoms with Gasteiger partial charge in [0.25, 0.3) is 5.91 Å². The number of hydrogen-bond donors (Lipinski definition) is 1. The van der Waals surface area contributed by atoms with Crippen LogP contribution in [0.5, 0.6) is 11.5 Å². The lowest BCUT2D eigenvalue weighted by Gasteiger charge is -2.23. The fourth-order valence-corrected chi connectivity index (χ4v) is 3.69. The summed E-state index contributed by atoms with van der Waals surface area (Å²) < 4.78 is 12.7. The molecule has 0 saturated carbocycles. The summed E-state index contributed by atoms with van der Waals surface area (Å²) in [6.07, 6.45) is 1.90. The Bertz CT molecular complexity index is 1030. The number of hydrogen-bond acceptors (Lipinski definition) is 3. The summed E-state index contributed by atoms with van der Waals surface area (Å²) in [5, 5.41) is 2.89. The zero-order valence-electron chi connectivity index (χ0n) is 18.9. The van der Waals surface area contributed by atoms with E-state index in [0.29, 0.717) is 18.0 Å². The van der Waals surface area contributed by atoms with E-state index in [1.165, 1.54) is 5.56 Å². The molecule has 32 heavy (non-hydrogen) atoms. The number of ether oxygens (including phenoxy) is 2. The Morgan fingerprint density at radius 3 is 2.47 bits per heavy atom. The van der Waals surface area contributed by atoms with Crippen molar-refractivity contribution in [1.29, 1.82) is 0 Å². The number of amides is 1. The maximum atomic E-state index is 12.5. The molecular formula is C27H30BrNO3. The van der Waals surface area contributed by atoms with Crippen LogP contribution in [-0.4, -0.2) is 19.1 Å². The second-order valence-electron chi connectivity index (χ2n) is 8.69. The number of anilines is 1. The van der Waals surface area contributed by atoms with Crippen molar-refractivity contribution in [3.8, 4) is 11.5 Å². The lowest BCUT2D eigenvalue weighted by atomic mass is 9.86. The molecule has 0 atom stereocenters. The summed E-state index contributed by atoms with van der Waals surface area (Å²) in [4.78, 5) is 12.5. The molecule has 3 rings (SSSR count). The van der Waals surface area contributed by atoms with Crippen LogP contribution >= 0.6 is 15.9 Å². The Hall–Kier alpha value is -2.79. The minimum atomic E-state index is -0.214. The van der Waals surface area contributed by atoms with Crippen molar-refractivity contribution in [2.45, 2.75) is 39.0 Å². The Kier molecular flexibility index (Phi) is 8.34. The Morgan fingerprint density at radius 1 is 0.938 bits per heavy atom. The molecule has 0 heterocycles. The Labute approximate surface area is 199 Å². The Morgan fingerprint density at radius 2 is 1.72 bits per heavy atom. The second kappa shape index (κ2) is 11.2. The van der Waals surface area contributed by atoms with Crippen LogP contribution < -0.4 is 14.8 Å². The van der Waals surface area contributed by atoms with Crippen molar-refractivity contribution < 1.29 is 14.3 Å². The molecule has 0 radical (unpaired) electrons. The molecule has 1 N–H and O–H groups in total. The van der Waals surface area contributed by atoms with Crippen molar-refractivity contribution in [2.24, 2.45) is 0 Å². The highest BCUT2D eigenvalue weighted by atomic mass is 79.9. The summed E-state index contributed by atoms with van der Waals surface area (Å²) in [7, 11) is 0. The van der Waals surface area contributed by atoms with Crippen LogP contribution in [0.4, 0.5) is 5.69 Å². The predicted molar refractivity (Wildman–Crippen MR) is 134 cm³/mol. The van der Waals surface area contributed by atoms with Gasteiger partial charge in [0.05, 0.1) is 6.61 Å². The van der Waals surface area contributed by atoms with Crippen molar-refractivity contribution >= 4 is 27.5 Å². The molecule has 0 bridgehead atoms. The first-order valence-corrected chi connectivity index (χ1v) is 11.6. The minimum absolute atomic E-state index is 0.0626. The van der Waals surface area contributed by atoms with Crippen molar-refractivity contribution in [2.75, 3.05) is 18.5 Å². The van der Waals surface area contributed by atoms with Gasteiger partial charge in [-0.05, 0) is 54.2 Å². The van der Waals surface area contributed by atoms with E-state index in [4.69, 9.17) is 9.47 Å². The van der Waals surface area contributed by atoms with Gasteiger partial charge >= 0.3 is 0 Å². The fourth-order valence-electron chi connectivity index (χ4n) is 3.33. The second-order valence-corrected chi connectivity index (χ2v) is 9.61. The highest BCUT2D eigenvalue weighted by Crippen LogP contribution is 2.33. The molecule has 0 aliphatic carbocycles. The number of nitrogens with one attached hydrogen (secondary N) is 1. The van der Waals surface area contributed by atoms with E-state index in [2.05, 4.69) is 54.2 Å². The molecule has 0 saturated heterocycles. The first kappa shape index (κ1) is 23.9. The normalized spacial score (nSPS) is 11.1. The molecule has 0 fully saturated rings. The van der Waals surface area contributed by atoms with Crippen molar-refractivity contribution in [3.05, 3.63) is 88.4 Å². The summed E-state index contributed by atoms with van der Waals surface area (Å²) in [5.41, 5.74) is 2.94. The third kappa shape index (κ3) is 7.41. The van der Waals surface area contributed by atoms with Crippen LogP contribution in [0.2, 0.25) is 0 Å². The smallest absolute Gasteiger partial charge is 0.262 e. The first-order valence-electron chi connectivity index (χ1n) is 10.8. The van der Waals surface area contributed by atoms with Gasteiger partial charge in [0.1, 0.15) is 11.5 Å². The minimum Gasteiger partial charge on any atom is -0.494 e. The van der Waals surface area contributed by atoms with Gasteiger partial charge in [0.15, 0.2) is 6.61 Å². The van der Waals surface area contributed by atoms with Crippen molar-refractivity contribution in [1.82, 2.24) is 0 Å². The number of aryl methyl sites for hydroxylation is 1. The highest BCUT2D eigenvalue weighted by molar-refractivity contribution is 9.10. The van der Waals surface area contributed by atoms with Gasteiger partial charge in [-0.15, -0.1) is 0 Å². The quantitative estimate of drug-likeness (QED) is 0.333. The molecule has 3 aromatic rings. The standard InChI is InChI=1S/C27H30BrNO3/c1-27(2,3)24-17-21(28)14-15-25(24)32-19-26(30)29-22-12-7-13-23(18-22)31-16-8-11-20-9-5-4-6-10-20/h4-7,9-10,12-15,17-18H,8,11,16,19H2,1-3H3,(H,29,30). The average Bonchev–Trinajstić information content (AvgIpc) is 2.76. The molecule has 0 unspecified atom stereocenters. The van der Waals surface area contributed by atoms with E-state index >= 15 is 0 Å². The number of carbonyl (C=O) groups excluding carboxylic acids is 1. The van der Waals surface area contributed by atoms with E-state index in [9.17, 15) is 4.79 Å². The van der Waals surface area contributed by atoms with E-state index < -0.39 is 0 Å². The highest BCUT2D eigenvalue weighted by Gasteiger charge is 2.20. The lowest BCUT2D eigenvalue weighted by Crippen LogP contribution is -2.22. The van der Waals surface area contributed by atoms with Gasteiger partial charge in [-0.3, -0.25) is 4.79 Å². The summed E-state index contributed by atoms with van der Waals surface area (Å²) >= 11 is 3.51. The SMILES string of the molecule is CC(C)(C)c1cc(Br)ccc1OCC(=O)Nc1cccc(OCCCc2ccccc2)c1. The van der Waals surface area contributed by atoms with Crippen LogP contribution in [0.3, 0.4) is 0 Å². The van der Waals surface area contributed by atoms with E-state index in [-0.39, 0.29) is 17.9 Å². The molecule has 0 aliphatic rings. The van der Waals surface area contributed by atoms with Crippen LogP contribution in [0.15, 0.2) is 77.3 Å². The van der Waals surface area contributed by atoms with Crippen LogP contribution in [0.1, 0.15) is 38.3 Å². The molecule has 0 aromatic heterocycles. The van der Waals surface area contributed by atoms with Crippen LogP contribution in [0.25, 0.3) is 0 Å². The summed E-state index contributed by atoms with van der Waals surface area (Å²) in [6.45, 7) is 6.91. The van der Waals surface area contributed by atoms with Crippen molar-refractivity contribution in [3.63, 3.8) is 0 Å². The number of rotatable bonds is 9. The molecule has 5 heteroatoms. The van der Waals surface area contributed by atoms with Gasteiger partial charge in [-0.1, -0.05) is 73.1 Å². The average molecular weight is 496 g/mol. The molecular weight excluding hydrogens is 466 g/mol. The molecule has 168 valence electrons. The predicted octanol–water partition coefficient (Wildman–Crippen LogP) is 6.78. The third-order valence-electron chi connectivity index (χ3n) is 4.95.